The molecule has 1 atom stereocenters. The Bertz CT molecular complexity index is 479. The van der Waals surface area contributed by atoms with Crippen LogP contribution < -0.4 is 0 Å². The number of hydrogen-bond donors (Lipinski definition) is 1. The zero-order valence-corrected chi connectivity index (χ0v) is 16.6. The van der Waals surface area contributed by atoms with E-state index >= 15 is 0 Å². The number of methoxy groups -OCH3 is 1. The van der Waals surface area contributed by atoms with Gasteiger partial charge in [-0.25, -0.2) is 0 Å². The first-order valence-corrected chi connectivity index (χ1v) is 10.3. The summed E-state index contributed by atoms with van der Waals surface area (Å²) in [5, 5.41) is 9.57. The fraction of sp³-hybridized carbons (Fsp3) is 0.952. The third kappa shape index (κ3) is 3.49. The van der Waals surface area contributed by atoms with Crippen LogP contribution in [0.15, 0.2) is 0 Å². The summed E-state index contributed by atoms with van der Waals surface area (Å²) >= 11 is 0. The van der Waals surface area contributed by atoms with Crippen LogP contribution in [0.1, 0.15) is 72.1 Å². The van der Waals surface area contributed by atoms with Crippen molar-refractivity contribution >= 4 is 5.91 Å². The zero-order valence-electron chi connectivity index (χ0n) is 16.6. The molecule has 1 N–H and O–H groups in total. The molecular weight excluding hydrogens is 314 g/mol. The van der Waals surface area contributed by atoms with E-state index in [-0.39, 0.29) is 12.5 Å². The van der Waals surface area contributed by atoms with Crippen LogP contribution in [0.4, 0.5) is 0 Å². The van der Waals surface area contributed by atoms with E-state index in [0.29, 0.717) is 16.7 Å². The minimum Gasteiger partial charge on any atom is -0.393 e. The summed E-state index contributed by atoms with van der Waals surface area (Å²) in [5.41, 5.74) is 0.336. The fourth-order valence-electron chi connectivity index (χ4n) is 5.29. The number of nitrogens with zero attached hydrogens (tertiary/aromatic N) is 1. The Morgan fingerprint density at radius 1 is 1.20 bits per heavy atom. The number of aliphatic hydroxyl groups is 1. The van der Waals surface area contributed by atoms with Crippen molar-refractivity contribution in [3.8, 4) is 0 Å². The lowest BCUT2D eigenvalue weighted by molar-refractivity contribution is -0.141. The first-order valence-electron chi connectivity index (χ1n) is 10.3. The summed E-state index contributed by atoms with van der Waals surface area (Å²) in [5.74, 6) is 1.46. The molecule has 1 saturated heterocycles. The van der Waals surface area contributed by atoms with Gasteiger partial charge in [-0.2, -0.15) is 0 Å². The van der Waals surface area contributed by atoms with E-state index in [2.05, 4.69) is 20.8 Å². The van der Waals surface area contributed by atoms with Gasteiger partial charge in [0, 0.05) is 26.1 Å². The number of rotatable bonds is 5. The van der Waals surface area contributed by atoms with Crippen molar-refractivity contribution in [2.24, 2.45) is 22.7 Å². The van der Waals surface area contributed by atoms with E-state index in [0.717, 1.165) is 38.3 Å². The topological polar surface area (TPSA) is 49.8 Å². The van der Waals surface area contributed by atoms with Gasteiger partial charge in [0.05, 0.1) is 12.2 Å². The Kier molecular flexibility index (Phi) is 5.25. The van der Waals surface area contributed by atoms with E-state index in [1.807, 2.05) is 4.90 Å². The minimum atomic E-state index is -0.429. The van der Waals surface area contributed by atoms with Gasteiger partial charge in [0.2, 0.25) is 5.91 Å². The number of hydrogen-bond acceptors (Lipinski definition) is 3. The van der Waals surface area contributed by atoms with Gasteiger partial charge in [0.1, 0.15) is 0 Å². The quantitative estimate of drug-likeness (QED) is 0.823. The molecule has 0 aromatic heterocycles. The molecule has 2 saturated carbocycles. The highest BCUT2D eigenvalue weighted by molar-refractivity contribution is 5.82. The van der Waals surface area contributed by atoms with Gasteiger partial charge in [0.25, 0.3) is 0 Å². The average molecular weight is 352 g/mol. The molecule has 4 nitrogen and oxygen atoms in total. The predicted molar refractivity (Wildman–Crippen MR) is 99.2 cm³/mol. The van der Waals surface area contributed by atoms with Crippen LogP contribution in [0.2, 0.25) is 0 Å². The maximum absolute atomic E-state index is 13.0. The van der Waals surface area contributed by atoms with Crippen molar-refractivity contribution < 1.29 is 14.6 Å². The number of likely N-dealkylation sites (tertiary alicyclic amines) is 1. The summed E-state index contributed by atoms with van der Waals surface area (Å²) in [6, 6.07) is 0. The Morgan fingerprint density at radius 3 is 2.28 bits per heavy atom. The third-order valence-electron chi connectivity index (χ3n) is 8.19. The predicted octanol–water partition coefficient (Wildman–Crippen LogP) is 3.62. The van der Waals surface area contributed by atoms with Gasteiger partial charge < -0.3 is 14.7 Å². The molecule has 0 bridgehead atoms. The van der Waals surface area contributed by atoms with Crippen LogP contribution in [-0.4, -0.2) is 48.3 Å². The van der Waals surface area contributed by atoms with E-state index in [9.17, 15) is 9.90 Å². The molecule has 0 aromatic rings. The number of ether oxygens (including phenoxy) is 1. The largest absolute Gasteiger partial charge is 0.393 e. The first-order chi connectivity index (χ1) is 11.8. The molecule has 1 amide bonds. The van der Waals surface area contributed by atoms with Crippen molar-refractivity contribution in [2.75, 3.05) is 26.8 Å². The minimum absolute atomic E-state index is 0.0491. The molecule has 4 heteroatoms. The lowest BCUT2D eigenvalue weighted by Gasteiger charge is -2.41. The Labute approximate surface area is 153 Å². The summed E-state index contributed by atoms with van der Waals surface area (Å²) < 4.78 is 5.51. The second-order valence-corrected chi connectivity index (χ2v) is 9.61. The third-order valence-corrected chi connectivity index (χ3v) is 8.19. The highest BCUT2D eigenvalue weighted by Gasteiger charge is 2.60. The van der Waals surface area contributed by atoms with Crippen LogP contribution in [0.3, 0.4) is 0 Å². The van der Waals surface area contributed by atoms with Crippen molar-refractivity contribution in [1.29, 1.82) is 0 Å². The number of piperidine rings is 1. The van der Waals surface area contributed by atoms with Gasteiger partial charge in [-0.15, -0.1) is 0 Å². The molecule has 3 rings (SSSR count). The summed E-state index contributed by atoms with van der Waals surface area (Å²) in [7, 11) is 1.67. The van der Waals surface area contributed by atoms with Crippen molar-refractivity contribution in [3.63, 3.8) is 0 Å². The first kappa shape index (κ1) is 19.2. The van der Waals surface area contributed by atoms with Crippen LogP contribution in [0.5, 0.6) is 0 Å². The van der Waals surface area contributed by atoms with Gasteiger partial charge >= 0.3 is 0 Å². The van der Waals surface area contributed by atoms with Gasteiger partial charge in [0.15, 0.2) is 0 Å². The van der Waals surface area contributed by atoms with Gasteiger partial charge in [-0.3, -0.25) is 4.79 Å². The second-order valence-electron chi connectivity index (χ2n) is 9.61. The molecule has 1 unspecified atom stereocenters. The molecule has 2 aliphatic carbocycles. The molecule has 0 aromatic carbocycles. The number of amides is 1. The van der Waals surface area contributed by atoms with E-state index < -0.39 is 5.60 Å². The molecule has 1 spiro atoms. The fourth-order valence-corrected chi connectivity index (χ4v) is 5.29. The monoisotopic (exact) mass is 351 g/mol. The lowest BCUT2D eigenvalue weighted by Crippen LogP contribution is -2.50. The van der Waals surface area contributed by atoms with E-state index in [1.165, 1.54) is 32.1 Å². The Balaban J connectivity index is 1.52. The van der Waals surface area contributed by atoms with Crippen LogP contribution in [0, 0.1) is 22.7 Å². The lowest BCUT2D eigenvalue weighted by atomic mass is 9.66. The second kappa shape index (κ2) is 6.84. The highest BCUT2D eigenvalue weighted by atomic mass is 16.5. The van der Waals surface area contributed by atoms with E-state index in [4.69, 9.17) is 4.74 Å². The molecule has 0 radical (unpaired) electrons. The number of carbonyl (C=O) groups excluding carboxylic acids is 1. The SMILES string of the molecule is CCC(C)(C)C1CCC2(CC1)CC2C(=O)N1CCC(CO)(OC)CC1. The molecule has 144 valence electrons. The maximum atomic E-state index is 13.0. The molecule has 1 aliphatic heterocycles. The van der Waals surface area contributed by atoms with Gasteiger partial charge in [-0.1, -0.05) is 27.2 Å². The number of aliphatic hydroxyl groups excluding tert-OH is 1. The maximum Gasteiger partial charge on any atom is 0.226 e. The van der Waals surface area contributed by atoms with Crippen molar-refractivity contribution in [1.82, 2.24) is 4.90 Å². The number of carbonyl (C=O) groups is 1. The zero-order chi connectivity index (χ0) is 18.3. The molecule has 3 fully saturated rings. The average Bonchev–Trinajstić information content (AvgIpc) is 3.34. The van der Waals surface area contributed by atoms with E-state index in [1.54, 1.807) is 7.11 Å². The summed E-state index contributed by atoms with van der Waals surface area (Å²) in [6.45, 7) is 8.62. The summed E-state index contributed by atoms with van der Waals surface area (Å²) in [6.07, 6.45) is 8.91. The highest BCUT2D eigenvalue weighted by Crippen LogP contribution is 2.64. The van der Waals surface area contributed by atoms with Crippen molar-refractivity contribution in [2.45, 2.75) is 77.7 Å². The Hall–Kier alpha value is -0.610. The Morgan fingerprint density at radius 2 is 1.80 bits per heavy atom. The molecule has 1 heterocycles. The summed E-state index contributed by atoms with van der Waals surface area (Å²) in [4.78, 5) is 15.0. The smallest absolute Gasteiger partial charge is 0.226 e. The normalized spacial score (nSPS) is 35.0. The van der Waals surface area contributed by atoms with Crippen LogP contribution in [-0.2, 0) is 9.53 Å². The molecule has 3 aliphatic rings. The molecule has 25 heavy (non-hydrogen) atoms. The molecular formula is C21H37NO3. The van der Waals surface area contributed by atoms with Gasteiger partial charge in [-0.05, 0) is 61.7 Å². The standard InChI is InChI=1S/C21H37NO3/c1-5-19(2,3)16-6-8-20(9-7-16)14-17(20)18(24)22-12-10-21(15-23,25-4)11-13-22/h16-17,23H,5-15H2,1-4H3. The van der Waals surface area contributed by atoms with Crippen molar-refractivity contribution in [3.05, 3.63) is 0 Å². The van der Waals surface area contributed by atoms with Crippen LogP contribution >= 0.6 is 0 Å². The van der Waals surface area contributed by atoms with Crippen LogP contribution in [0.25, 0.3) is 0 Å².